The molecule has 0 saturated carbocycles. The Hall–Kier alpha value is -1.03. The van der Waals surface area contributed by atoms with Crippen molar-refractivity contribution in [1.29, 1.82) is 0 Å². The molecule has 3 nitrogen and oxygen atoms in total. The third-order valence-electron chi connectivity index (χ3n) is 3.09. The number of anilines is 1. The van der Waals surface area contributed by atoms with Crippen LogP contribution in [-0.4, -0.2) is 27.8 Å². The summed E-state index contributed by atoms with van der Waals surface area (Å²) in [6, 6.07) is 5.66. The van der Waals surface area contributed by atoms with Gasteiger partial charge in [0.1, 0.15) is 0 Å². The molecule has 88 valence electrons. The minimum Gasteiger partial charge on any atom is -0.373 e. The van der Waals surface area contributed by atoms with E-state index >= 15 is 0 Å². The Kier molecular flexibility index (Phi) is 2.70. The highest BCUT2D eigenvalue weighted by Gasteiger charge is 2.26. The zero-order valence-electron chi connectivity index (χ0n) is 9.90. The summed E-state index contributed by atoms with van der Waals surface area (Å²) < 4.78 is 23.7. The van der Waals surface area contributed by atoms with Gasteiger partial charge < -0.3 is 4.90 Å². The highest BCUT2D eigenvalue weighted by atomic mass is 32.2. The average Bonchev–Trinajstić information content (AvgIpc) is 2.23. The fraction of sp³-hybridized carbons (Fsp3) is 0.500. The Morgan fingerprint density at radius 3 is 2.62 bits per heavy atom. The number of hydrogen-bond acceptors (Lipinski definition) is 3. The van der Waals surface area contributed by atoms with Gasteiger partial charge in [-0.3, -0.25) is 0 Å². The summed E-state index contributed by atoms with van der Waals surface area (Å²) in [5, 5.41) is 0. The first-order valence-electron chi connectivity index (χ1n) is 5.49. The van der Waals surface area contributed by atoms with Crippen molar-refractivity contribution < 1.29 is 8.42 Å². The van der Waals surface area contributed by atoms with Crippen LogP contribution in [0.25, 0.3) is 0 Å². The van der Waals surface area contributed by atoms with Crippen molar-refractivity contribution in [2.45, 2.75) is 24.7 Å². The van der Waals surface area contributed by atoms with Crippen LogP contribution in [0.15, 0.2) is 23.1 Å². The number of benzene rings is 1. The SMILES string of the molecule is CC(C)c1ccc2c(c1)N(C)CCS2(=O)=O. The van der Waals surface area contributed by atoms with Crippen molar-refractivity contribution >= 4 is 15.5 Å². The monoisotopic (exact) mass is 239 g/mol. The molecule has 0 aromatic heterocycles. The molecule has 0 atom stereocenters. The fourth-order valence-electron chi connectivity index (χ4n) is 1.94. The van der Waals surface area contributed by atoms with Crippen LogP contribution in [0.1, 0.15) is 25.3 Å². The lowest BCUT2D eigenvalue weighted by atomic mass is 10.0. The van der Waals surface area contributed by atoms with Crippen LogP contribution in [-0.2, 0) is 9.84 Å². The minimum atomic E-state index is -3.06. The molecular formula is C12H17NO2S. The molecule has 1 aromatic carbocycles. The predicted molar refractivity (Wildman–Crippen MR) is 65.9 cm³/mol. The second-order valence-electron chi connectivity index (χ2n) is 4.62. The quantitative estimate of drug-likeness (QED) is 0.752. The Morgan fingerprint density at radius 2 is 2.00 bits per heavy atom. The van der Waals surface area contributed by atoms with Crippen molar-refractivity contribution in [2.75, 3.05) is 24.2 Å². The molecule has 1 heterocycles. The normalized spacial score (nSPS) is 18.6. The Bertz CT molecular complexity index is 506. The highest BCUT2D eigenvalue weighted by molar-refractivity contribution is 7.91. The number of nitrogens with zero attached hydrogens (tertiary/aromatic N) is 1. The van der Waals surface area contributed by atoms with Gasteiger partial charge in [-0.25, -0.2) is 8.42 Å². The first-order valence-corrected chi connectivity index (χ1v) is 7.15. The van der Waals surface area contributed by atoms with Crippen molar-refractivity contribution in [3.63, 3.8) is 0 Å². The van der Waals surface area contributed by atoms with Gasteiger partial charge >= 0.3 is 0 Å². The van der Waals surface area contributed by atoms with Gasteiger partial charge in [-0.2, -0.15) is 0 Å². The molecule has 0 unspecified atom stereocenters. The van der Waals surface area contributed by atoms with E-state index in [2.05, 4.69) is 13.8 Å². The van der Waals surface area contributed by atoms with Crippen LogP contribution < -0.4 is 4.90 Å². The molecule has 1 aliphatic heterocycles. The van der Waals surface area contributed by atoms with Crippen LogP contribution in [0.2, 0.25) is 0 Å². The second kappa shape index (κ2) is 3.77. The molecule has 0 radical (unpaired) electrons. The summed E-state index contributed by atoms with van der Waals surface area (Å²) in [6.45, 7) is 4.80. The highest BCUT2D eigenvalue weighted by Crippen LogP contribution is 2.32. The lowest BCUT2D eigenvalue weighted by molar-refractivity contribution is 0.591. The summed E-state index contributed by atoms with van der Waals surface area (Å²) in [4.78, 5) is 2.49. The predicted octanol–water partition coefficient (Wildman–Crippen LogP) is 2.03. The molecule has 16 heavy (non-hydrogen) atoms. The Balaban J connectivity index is 2.61. The molecule has 0 N–H and O–H groups in total. The largest absolute Gasteiger partial charge is 0.373 e. The minimum absolute atomic E-state index is 0.220. The average molecular weight is 239 g/mol. The maximum atomic E-state index is 11.9. The van der Waals surface area contributed by atoms with E-state index in [1.54, 1.807) is 6.07 Å². The van der Waals surface area contributed by atoms with Gasteiger partial charge in [-0.05, 0) is 23.6 Å². The van der Waals surface area contributed by atoms with Crippen LogP contribution in [0.4, 0.5) is 5.69 Å². The summed E-state index contributed by atoms with van der Waals surface area (Å²) in [5.74, 6) is 0.640. The third-order valence-corrected chi connectivity index (χ3v) is 4.83. The first kappa shape index (κ1) is 11.5. The first-order chi connectivity index (χ1) is 7.42. The Labute approximate surface area is 97.0 Å². The van der Waals surface area contributed by atoms with Gasteiger partial charge in [-0.1, -0.05) is 19.9 Å². The molecule has 1 aliphatic rings. The van der Waals surface area contributed by atoms with Gasteiger partial charge in [-0.15, -0.1) is 0 Å². The number of sulfone groups is 1. The maximum absolute atomic E-state index is 11.9. The molecule has 0 aliphatic carbocycles. The third kappa shape index (κ3) is 1.82. The molecule has 2 rings (SSSR count). The summed E-state index contributed by atoms with van der Waals surface area (Å²) >= 11 is 0. The van der Waals surface area contributed by atoms with E-state index in [9.17, 15) is 8.42 Å². The van der Waals surface area contributed by atoms with Gasteiger partial charge in [0.05, 0.1) is 16.3 Å². The van der Waals surface area contributed by atoms with Crippen molar-refractivity contribution in [2.24, 2.45) is 0 Å². The van der Waals surface area contributed by atoms with E-state index in [1.807, 2.05) is 24.1 Å². The summed E-state index contributed by atoms with van der Waals surface area (Å²) in [6.07, 6.45) is 0. The number of fused-ring (bicyclic) bond motifs is 1. The van der Waals surface area contributed by atoms with Crippen molar-refractivity contribution in [3.8, 4) is 0 Å². The standard InChI is InChI=1S/C12H17NO2S/c1-9(2)10-4-5-12-11(8-10)13(3)6-7-16(12,14)15/h4-5,8-9H,6-7H2,1-3H3. The molecule has 0 saturated heterocycles. The number of rotatable bonds is 1. The van der Waals surface area contributed by atoms with E-state index in [0.717, 1.165) is 5.69 Å². The zero-order valence-corrected chi connectivity index (χ0v) is 10.7. The lowest BCUT2D eigenvalue weighted by Crippen LogP contribution is -2.32. The topological polar surface area (TPSA) is 37.4 Å². The van der Waals surface area contributed by atoms with Crippen molar-refractivity contribution in [1.82, 2.24) is 0 Å². The van der Waals surface area contributed by atoms with Crippen LogP contribution in [0.5, 0.6) is 0 Å². The molecule has 0 amide bonds. The van der Waals surface area contributed by atoms with Gasteiger partial charge in [0, 0.05) is 13.6 Å². The fourth-order valence-corrected chi connectivity index (χ4v) is 3.49. The van der Waals surface area contributed by atoms with Crippen molar-refractivity contribution in [3.05, 3.63) is 23.8 Å². The smallest absolute Gasteiger partial charge is 0.182 e. The molecule has 4 heteroatoms. The Morgan fingerprint density at radius 1 is 1.31 bits per heavy atom. The van der Waals surface area contributed by atoms with Gasteiger partial charge in [0.25, 0.3) is 0 Å². The summed E-state index contributed by atoms with van der Waals surface area (Å²) in [7, 11) is -1.12. The molecule has 0 bridgehead atoms. The van der Waals surface area contributed by atoms with E-state index in [0.29, 0.717) is 17.4 Å². The van der Waals surface area contributed by atoms with E-state index in [4.69, 9.17) is 0 Å². The van der Waals surface area contributed by atoms with Gasteiger partial charge in [0.15, 0.2) is 9.84 Å². The van der Waals surface area contributed by atoms with E-state index in [1.165, 1.54) is 5.56 Å². The lowest BCUT2D eigenvalue weighted by Gasteiger charge is -2.28. The number of hydrogen-bond donors (Lipinski definition) is 0. The molecule has 1 aromatic rings. The maximum Gasteiger partial charge on any atom is 0.182 e. The summed E-state index contributed by atoms with van der Waals surface area (Å²) in [5.41, 5.74) is 2.03. The molecule has 0 spiro atoms. The molecule has 0 fully saturated rings. The van der Waals surface area contributed by atoms with Crippen LogP contribution >= 0.6 is 0 Å². The van der Waals surface area contributed by atoms with Gasteiger partial charge in [0.2, 0.25) is 0 Å². The van der Waals surface area contributed by atoms with Crippen LogP contribution in [0, 0.1) is 0 Å². The molecular weight excluding hydrogens is 222 g/mol. The zero-order chi connectivity index (χ0) is 11.9. The van der Waals surface area contributed by atoms with E-state index < -0.39 is 9.84 Å². The van der Waals surface area contributed by atoms with Crippen LogP contribution in [0.3, 0.4) is 0 Å². The second-order valence-corrected chi connectivity index (χ2v) is 6.70. The van der Waals surface area contributed by atoms with E-state index in [-0.39, 0.29) is 5.75 Å².